The van der Waals surface area contributed by atoms with Gasteiger partial charge >= 0.3 is 0 Å². The van der Waals surface area contributed by atoms with Gasteiger partial charge in [-0.3, -0.25) is 9.52 Å². The molecule has 0 spiro atoms. The Labute approximate surface area is 187 Å². The van der Waals surface area contributed by atoms with E-state index < -0.39 is 16.1 Å². The second kappa shape index (κ2) is 9.41. The van der Waals surface area contributed by atoms with Gasteiger partial charge in [-0.15, -0.1) is 0 Å². The molecule has 6 nitrogen and oxygen atoms in total. The third kappa shape index (κ3) is 5.77. The summed E-state index contributed by atoms with van der Waals surface area (Å²) >= 11 is 6.16. The Bertz CT molecular complexity index is 1160. The normalized spacial score (nSPS) is 12.1. The molecule has 2 N–H and O–H groups in total. The summed E-state index contributed by atoms with van der Waals surface area (Å²) in [6.07, 6.45) is -0.761. The summed E-state index contributed by atoms with van der Waals surface area (Å²) in [4.78, 5) is 12.6. The summed E-state index contributed by atoms with van der Waals surface area (Å²) in [5.41, 5.74) is 2.66. The first kappa shape index (κ1) is 22.7. The van der Waals surface area contributed by atoms with Gasteiger partial charge in [0.2, 0.25) is 0 Å². The number of amides is 1. The summed E-state index contributed by atoms with van der Waals surface area (Å²) in [7, 11) is -3.73. The van der Waals surface area contributed by atoms with Gasteiger partial charge in [-0.25, -0.2) is 8.42 Å². The molecule has 0 aliphatic rings. The maximum Gasteiger partial charge on any atom is 0.265 e. The van der Waals surface area contributed by atoms with Crippen LogP contribution in [-0.4, -0.2) is 20.4 Å². The van der Waals surface area contributed by atoms with Gasteiger partial charge in [-0.05, 0) is 80.4 Å². The number of sulfonamides is 1. The number of halogens is 1. The largest absolute Gasteiger partial charge is 0.481 e. The SMILES string of the molecule is Cc1cc(O[C@H](C)C(=O)Nc2ccc(S(=O)(=O)Nc3ccccc3)cc2)cc(C)c1Cl. The van der Waals surface area contributed by atoms with Gasteiger partial charge in [0.25, 0.3) is 15.9 Å². The molecule has 0 saturated heterocycles. The lowest BCUT2D eigenvalue weighted by molar-refractivity contribution is -0.122. The molecule has 8 heteroatoms. The van der Waals surface area contributed by atoms with E-state index in [1.807, 2.05) is 13.8 Å². The first-order valence-electron chi connectivity index (χ1n) is 9.58. The minimum Gasteiger partial charge on any atom is -0.481 e. The minimum absolute atomic E-state index is 0.0887. The standard InChI is InChI=1S/C23H23ClN2O4S/c1-15-13-20(14-16(2)22(15)24)30-17(3)23(27)25-18-9-11-21(12-10-18)31(28,29)26-19-7-5-4-6-8-19/h4-14,17,26H,1-3H3,(H,25,27)/t17-/m1/s1. The molecule has 0 heterocycles. The Morgan fingerprint density at radius 1 is 0.935 bits per heavy atom. The zero-order valence-electron chi connectivity index (χ0n) is 17.3. The summed E-state index contributed by atoms with van der Waals surface area (Å²) < 4.78 is 33.2. The van der Waals surface area contributed by atoms with Gasteiger partial charge in [0, 0.05) is 16.4 Å². The fourth-order valence-electron chi connectivity index (χ4n) is 2.91. The third-order valence-corrected chi connectivity index (χ3v) is 6.54. The highest BCUT2D eigenvalue weighted by atomic mass is 35.5. The number of benzene rings is 3. The van der Waals surface area contributed by atoms with Crippen LogP contribution in [0.5, 0.6) is 5.75 Å². The van der Waals surface area contributed by atoms with E-state index in [2.05, 4.69) is 10.0 Å². The number of aryl methyl sites for hydroxylation is 2. The number of anilines is 2. The van der Waals surface area contributed by atoms with Crippen molar-refractivity contribution in [1.82, 2.24) is 0 Å². The molecule has 0 aromatic heterocycles. The van der Waals surface area contributed by atoms with Gasteiger partial charge in [0.1, 0.15) is 5.75 Å². The smallest absolute Gasteiger partial charge is 0.265 e. The van der Waals surface area contributed by atoms with Gasteiger partial charge in [0.05, 0.1) is 4.90 Å². The van der Waals surface area contributed by atoms with E-state index >= 15 is 0 Å². The average Bonchev–Trinajstić information content (AvgIpc) is 2.72. The van der Waals surface area contributed by atoms with Gasteiger partial charge in [-0.2, -0.15) is 0 Å². The van der Waals surface area contributed by atoms with Crippen LogP contribution < -0.4 is 14.8 Å². The number of carbonyl (C=O) groups is 1. The molecule has 0 bridgehead atoms. The zero-order valence-corrected chi connectivity index (χ0v) is 18.9. The number of carbonyl (C=O) groups excluding carboxylic acids is 1. The number of para-hydroxylation sites is 1. The fourth-order valence-corrected chi connectivity index (χ4v) is 4.08. The predicted octanol–water partition coefficient (Wildman–Crippen LogP) is 5.16. The maximum absolute atomic E-state index is 12.5. The van der Waals surface area contributed by atoms with Crippen molar-refractivity contribution in [2.75, 3.05) is 10.0 Å². The van der Waals surface area contributed by atoms with Gasteiger partial charge in [-0.1, -0.05) is 29.8 Å². The summed E-state index contributed by atoms with van der Waals surface area (Å²) in [5, 5.41) is 3.39. The number of ether oxygens (including phenoxy) is 1. The fraction of sp³-hybridized carbons (Fsp3) is 0.174. The lowest BCUT2D eigenvalue weighted by Gasteiger charge is -2.16. The van der Waals surface area contributed by atoms with Crippen molar-refractivity contribution in [2.24, 2.45) is 0 Å². The molecule has 0 aliphatic carbocycles. The van der Waals surface area contributed by atoms with Crippen LogP contribution in [0.3, 0.4) is 0 Å². The first-order chi connectivity index (χ1) is 14.7. The van der Waals surface area contributed by atoms with Crippen LogP contribution in [0.1, 0.15) is 18.1 Å². The molecule has 162 valence electrons. The molecule has 3 aromatic carbocycles. The monoisotopic (exact) mass is 458 g/mol. The molecule has 3 aromatic rings. The Kier molecular flexibility index (Phi) is 6.87. The quantitative estimate of drug-likeness (QED) is 0.512. The molecular weight excluding hydrogens is 436 g/mol. The van der Waals surface area contributed by atoms with Crippen molar-refractivity contribution in [3.63, 3.8) is 0 Å². The molecular formula is C23H23ClN2O4S. The van der Waals surface area contributed by atoms with Crippen LogP contribution in [0, 0.1) is 13.8 Å². The number of nitrogens with one attached hydrogen (secondary N) is 2. The minimum atomic E-state index is -3.73. The molecule has 31 heavy (non-hydrogen) atoms. The third-order valence-electron chi connectivity index (χ3n) is 4.55. The zero-order chi connectivity index (χ0) is 22.6. The van der Waals surface area contributed by atoms with E-state index in [1.54, 1.807) is 49.4 Å². The molecule has 1 atom stereocenters. The van der Waals surface area contributed by atoms with Crippen LogP contribution >= 0.6 is 11.6 Å². The molecule has 0 fully saturated rings. The summed E-state index contributed by atoms with van der Waals surface area (Å²) in [6, 6.07) is 18.1. The van der Waals surface area contributed by atoms with Crippen molar-refractivity contribution in [2.45, 2.75) is 31.8 Å². The van der Waals surface area contributed by atoms with Crippen LogP contribution in [-0.2, 0) is 14.8 Å². The summed E-state index contributed by atoms with van der Waals surface area (Å²) in [6.45, 7) is 5.38. The van der Waals surface area contributed by atoms with Crippen molar-refractivity contribution >= 4 is 38.9 Å². The molecule has 3 rings (SSSR count). The maximum atomic E-state index is 12.5. The molecule has 0 aliphatic heterocycles. The van der Waals surface area contributed by atoms with Crippen LogP contribution in [0.25, 0.3) is 0 Å². The van der Waals surface area contributed by atoms with Crippen LogP contribution in [0.4, 0.5) is 11.4 Å². The van der Waals surface area contributed by atoms with Crippen molar-refractivity contribution in [1.29, 1.82) is 0 Å². The lowest BCUT2D eigenvalue weighted by atomic mass is 10.1. The second-order valence-electron chi connectivity index (χ2n) is 7.12. The van der Waals surface area contributed by atoms with E-state index in [-0.39, 0.29) is 10.8 Å². The van der Waals surface area contributed by atoms with Crippen LogP contribution in [0.15, 0.2) is 71.6 Å². The Morgan fingerprint density at radius 3 is 2.10 bits per heavy atom. The predicted molar refractivity (Wildman–Crippen MR) is 123 cm³/mol. The Balaban J connectivity index is 1.64. The topological polar surface area (TPSA) is 84.5 Å². The van der Waals surface area contributed by atoms with Crippen molar-refractivity contribution in [3.8, 4) is 5.75 Å². The van der Waals surface area contributed by atoms with Gasteiger partial charge < -0.3 is 10.1 Å². The van der Waals surface area contributed by atoms with E-state index in [0.717, 1.165) is 11.1 Å². The first-order valence-corrected chi connectivity index (χ1v) is 11.4. The molecule has 0 saturated carbocycles. The second-order valence-corrected chi connectivity index (χ2v) is 9.18. The number of hydrogen-bond donors (Lipinski definition) is 2. The van der Waals surface area contributed by atoms with Crippen molar-refractivity contribution < 1.29 is 17.9 Å². The summed E-state index contributed by atoms with van der Waals surface area (Å²) in [5.74, 6) is 0.193. The molecule has 1 amide bonds. The van der Waals surface area contributed by atoms with E-state index in [4.69, 9.17) is 16.3 Å². The highest BCUT2D eigenvalue weighted by molar-refractivity contribution is 7.92. The highest BCUT2D eigenvalue weighted by Crippen LogP contribution is 2.26. The Hall–Kier alpha value is -3.03. The Morgan fingerprint density at radius 2 is 1.52 bits per heavy atom. The van der Waals surface area contributed by atoms with Crippen molar-refractivity contribution in [3.05, 3.63) is 82.9 Å². The van der Waals surface area contributed by atoms with E-state index in [0.29, 0.717) is 22.1 Å². The average molecular weight is 459 g/mol. The number of rotatable bonds is 7. The number of hydrogen-bond acceptors (Lipinski definition) is 4. The highest BCUT2D eigenvalue weighted by Gasteiger charge is 2.18. The van der Waals surface area contributed by atoms with E-state index in [9.17, 15) is 13.2 Å². The molecule has 0 unspecified atom stereocenters. The van der Waals surface area contributed by atoms with Crippen LogP contribution in [0.2, 0.25) is 5.02 Å². The van der Waals surface area contributed by atoms with E-state index in [1.165, 1.54) is 24.3 Å². The van der Waals surface area contributed by atoms with Gasteiger partial charge in [0.15, 0.2) is 6.10 Å². The lowest BCUT2D eigenvalue weighted by Crippen LogP contribution is -2.30. The molecule has 0 radical (unpaired) electrons.